The number of aryl methyl sites for hydroxylation is 4. The molecule has 3 aromatic rings. The molecule has 0 spiro atoms. The number of halogens is 1. The van der Waals surface area contributed by atoms with Crippen LogP contribution in [0.25, 0.3) is 11.4 Å². The lowest BCUT2D eigenvalue weighted by atomic mass is 10.1. The first-order valence-electron chi connectivity index (χ1n) is 8.45. The zero-order chi connectivity index (χ0) is 19.4. The Kier molecular flexibility index (Phi) is 5.81. The van der Waals surface area contributed by atoms with E-state index in [2.05, 4.69) is 26.2 Å². The molecule has 0 radical (unpaired) electrons. The quantitative estimate of drug-likeness (QED) is 0.358. The van der Waals surface area contributed by atoms with Gasteiger partial charge in [-0.05, 0) is 38.8 Å². The highest BCUT2D eigenvalue weighted by Crippen LogP contribution is 2.24. The summed E-state index contributed by atoms with van der Waals surface area (Å²) in [7, 11) is 0. The van der Waals surface area contributed by atoms with Crippen LogP contribution in [0.3, 0.4) is 0 Å². The van der Waals surface area contributed by atoms with E-state index in [-0.39, 0.29) is 5.82 Å². The summed E-state index contributed by atoms with van der Waals surface area (Å²) in [6.45, 7) is 5.33. The number of hydrogen-bond donors (Lipinski definition) is 0. The first-order valence-corrected chi connectivity index (χ1v) is 9.43. The van der Waals surface area contributed by atoms with Crippen molar-refractivity contribution in [2.45, 2.75) is 38.6 Å². The van der Waals surface area contributed by atoms with Crippen LogP contribution in [0, 0.1) is 37.9 Å². The molecule has 0 bridgehead atoms. The number of benzene rings is 1. The van der Waals surface area contributed by atoms with Gasteiger partial charge in [0.05, 0.1) is 5.69 Å². The molecule has 0 N–H and O–H groups in total. The third-order valence-corrected chi connectivity index (χ3v) is 5.01. The van der Waals surface area contributed by atoms with E-state index in [0.717, 1.165) is 12.2 Å². The van der Waals surface area contributed by atoms with Crippen molar-refractivity contribution in [1.29, 1.82) is 5.26 Å². The van der Waals surface area contributed by atoms with E-state index in [1.165, 1.54) is 17.8 Å². The Morgan fingerprint density at radius 3 is 2.74 bits per heavy atom. The molecule has 2 heterocycles. The molecule has 0 aliphatic rings. The van der Waals surface area contributed by atoms with E-state index in [0.29, 0.717) is 51.4 Å². The fraction of sp³-hybridized carbons (Fsp3) is 0.316. The third kappa shape index (κ3) is 4.49. The second kappa shape index (κ2) is 8.27. The van der Waals surface area contributed by atoms with Gasteiger partial charge < -0.3 is 4.52 Å². The van der Waals surface area contributed by atoms with Crippen molar-refractivity contribution in [1.82, 2.24) is 20.1 Å². The normalized spacial score (nSPS) is 10.8. The molecule has 27 heavy (non-hydrogen) atoms. The van der Waals surface area contributed by atoms with Crippen LogP contribution in [0.15, 0.2) is 27.7 Å². The Morgan fingerprint density at radius 1 is 1.19 bits per heavy atom. The van der Waals surface area contributed by atoms with Crippen LogP contribution in [0.4, 0.5) is 4.39 Å². The van der Waals surface area contributed by atoms with Crippen molar-refractivity contribution in [2.75, 3.05) is 5.75 Å². The van der Waals surface area contributed by atoms with Crippen molar-refractivity contribution < 1.29 is 8.91 Å². The molecular weight excluding hydrogens is 365 g/mol. The number of rotatable bonds is 6. The minimum atomic E-state index is -0.293. The topological polar surface area (TPSA) is 88.5 Å². The molecule has 6 nitrogen and oxygen atoms in total. The van der Waals surface area contributed by atoms with Crippen LogP contribution in [0.2, 0.25) is 0 Å². The Bertz CT molecular complexity index is 1010. The average Bonchev–Trinajstić information content (AvgIpc) is 3.09. The Hall–Kier alpha value is -2.79. The summed E-state index contributed by atoms with van der Waals surface area (Å²) in [5.41, 5.74) is 2.38. The molecule has 3 rings (SSSR count). The molecule has 2 aromatic heterocycles. The number of thioether (sulfide) groups is 1. The molecule has 0 aliphatic heterocycles. The summed E-state index contributed by atoms with van der Waals surface area (Å²) in [5.74, 6) is 1.99. The van der Waals surface area contributed by atoms with Crippen molar-refractivity contribution in [3.8, 4) is 17.5 Å². The molecule has 0 aliphatic carbocycles. The smallest absolute Gasteiger partial charge is 0.226 e. The number of nitrogens with zero attached hydrogens (tertiary/aromatic N) is 5. The van der Waals surface area contributed by atoms with E-state index >= 15 is 0 Å². The van der Waals surface area contributed by atoms with E-state index in [9.17, 15) is 9.65 Å². The predicted molar refractivity (Wildman–Crippen MR) is 99.7 cm³/mol. The van der Waals surface area contributed by atoms with Crippen molar-refractivity contribution in [2.24, 2.45) is 0 Å². The van der Waals surface area contributed by atoms with Gasteiger partial charge in [-0.25, -0.2) is 14.4 Å². The summed E-state index contributed by atoms with van der Waals surface area (Å²) in [4.78, 5) is 12.9. The standard InChI is InChI=1S/C19H18FN5OS/c1-11-6-7-14(9-16(11)20)18-24-17(26-25-18)5-4-8-27-19-15(10-21)12(2)22-13(3)23-19/h6-7,9H,4-5,8H2,1-3H3. The molecular formula is C19H18FN5OS. The van der Waals surface area contributed by atoms with E-state index in [4.69, 9.17) is 4.52 Å². The van der Waals surface area contributed by atoms with Gasteiger partial charge in [-0.1, -0.05) is 17.3 Å². The molecule has 0 saturated heterocycles. The average molecular weight is 383 g/mol. The molecule has 0 fully saturated rings. The Balaban J connectivity index is 1.59. The van der Waals surface area contributed by atoms with Crippen LogP contribution in [-0.2, 0) is 6.42 Å². The highest BCUT2D eigenvalue weighted by atomic mass is 32.2. The van der Waals surface area contributed by atoms with Crippen LogP contribution in [0.5, 0.6) is 0 Å². The molecule has 0 amide bonds. The highest BCUT2D eigenvalue weighted by Gasteiger charge is 2.12. The molecule has 138 valence electrons. The van der Waals surface area contributed by atoms with Gasteiger partial charge in [0.25, 0.3) is 0 Å². The minimum absolute atomic E-state index is 0.293. The van der Waals surface area contributed by atoms with Gasteiger partial charge in [0.2, 0.25) is 11.7 Å². The maximum Gasteiger partial charge on any atom is 0.226 e. The van der Waals surface area contributed by atoms with Gasteiger partial charge in [0, 0.05) is 17.7 Å². The molecule has 0 saturated carbocycles. The fourth-order valence-electron chi connectivity index (χ4n) is 2.51. The van der Waals surface area contributed by atoms with Crippen molar-refractivity contribution in [3.05, 3.63) is 52.6 Å². The van der Waals surface area contributed by atoms with Gasteiger partial charge in [-0.3, -0.25) is 0 Å². The fourth-order valence-corrected chi connectivity index (χ4v) is 3.53. The summed E-state index contributed by atoms with van der Waals surface area (Å²) in [6, 6.07) is 7.03. The van der Waals surface area contributed by atoms with Gasteiger partial charge >= 0.3 is 0 Å². The molecule has 8 heteroatoms. The zero-order valence-electron chi connectivity index (χ0n) is 15.3. The number of hydrogen-bond acceptors (Lipinski definition) is 7. The maximum absolute atomic E-state index is 13.7. The van der Waals surface area contributed by atoms with E-state index < -0.39 is 0 Å². The van der Waals surface area contributed by atoms with Crippen LogP contribution >= 0.6 is 11.8 Å². The van der Waals surface area contributed by atoms with Gasteiger partial charge in [0.15, 0.2) is 0 Å². The highest BCUT2D eigenvalue weighted by molar-refractivity contribution is 7.99. The maximum atomic E-state index is 13.7. The van der Waals surface area contributed by atoms with Gasteiger partial charge in [-0.2, -0.15) is 10.2 Å². The molecule has 0 unspecified atom stereocenters. The third-order valence-electron chi connectivity index (χ3n) is 3.95. The summed E-state index contributed by atoms with van der Waals surface area (Å²) in [5, 5.41) is 13.9. The predicted octanol–water partition coefficient (Wildman–Crippen LogP) is 4.19. The first kappa shape index (κ1) is 19.0. The summed E-state index contributed by atoms with van der Waals surface area (Å²) in [6.07, 6.45) is 1.38. The van der Waals surface area contributed by atoms with Gasteiger partial charge in [0.1, 0.15) is 28.3 Å². The first-order chi connectivity index (χ1) is 13.0. The second-order valence-electron chi connectivity index (χ2n) is 6.08. The second-order valence-corrected chi connectivity index (χ2v) is 7.16. The SMILES string of the molecule is Cc1nc(C)c(C#N)c(SCCCc2nc(-c3ccc(C)c(F)c3)no2)n1. The van der Waals surface area contributed by atoms with Crippen LogP contribution in [0.1, 0.15) is 35.0 Å². The molecule has 1 aromatic carbocycles. The lowest BCUT2D eigenvalue weighted by Gasteiger charge is -2.05. The molecule has 0 atom stereocenters. The van der Waals surface area contributed by atoms with Crippen LogP contribution < -0.4 is 0 Å². The minimum Gasteiger partial charge on any atom is -0.339 e. The zero-order valence-corrected chi connectivity index (χ0v) is 16.1. The number of aromatic nitrogens is 4. The van der Waals surface area contributed by atoms with Crippen molar-refractivity contribution >= 4 is 11.8 Å². The Labute approximate surface area is 160 Å². The monoisotopic (exact) mass is 383 g/mol. The van der Waals surface area contributed by atoms with Crippen LogP contribution in [-0.4, -0.2) is 25.9 Å². The summed E-state index contributed by atoms with van der Waals surface area (Å²) >= 11 is 1.51. The van der Waals surface area contributed by atoms with Gasteiger partial charge in [-0.15, -0.1) is 11.8 Å². The lowest BCUT2D eigenvalue weighted by molar-refractivity contribution is 0.378. The largest absolute Gasteiger partial charge is 0.339 e. The number of nitriles is 1. The lowest BCUT2D eigenvalue weighted by Crippen LogP contribution is -1.99. The Morgan fingerprint density at radius 2 is 2.00 bits per heavy atom. The summed E-state index contributed by atoms with van der Waals surface area (Å²) < 4.78 is 18.9. The van der Waals surface area contributed by atoms with Crippen molar-refractivity contribution in [3.63, 3.8) is 0 Å². The van der Waals surface area contributed by atoms with E-state index in [1.807, 2.05) is 13.8 Å². The van der Waals surface area contributed by atoms with E-state index in [1.54, 1.807) is 19.1 Å².